The summed E-state index contributed by atoms with van der Waals surface area (Å²) >= 11 is 9.80. The van der Waals surface area contributed by atoms with Crippen LogP contribution >= 0.6 is 39.9 Å². The standard InChI is InChI=1S/C11H11BrS2/c1-2-10-9(6-12)8-4-3-7(13)5-11(8)14-10/h3-5,13H,2,6H2,1H3. The van der Waals surface area contributed by atoms with Gasteiger partial charge in [-0.05, 0) is 29.5 Å². The highest BCUT2D eigenvalue weighted by Gasteiger charge is 2.09. The summed E-state index contributed by atoms with van der Waals surface area (Å²) in [7, 11) is 0. The van der Waals surface area contributed by atoms with E-state index in [0.29, 0.717) is 0 Å². The number of hydrogen-bond donors (Lipinski definition) is 1. The third-order valence-electron chi connectivity index (χ3n) is 2.31. The Hall–Kier alpha value is 0.01000. The van der Waals surface area contributed by atoms with E-state index < -0.39 is 0 Å². The quantitative estimate of drug-likeness (QED) is 0.603. The van der Waals surface area contributed by atoms with E-state index in [4.69, 9.17) is 0 Å². The molecule has 0 spiro atoms. The summed E-state index contributed by atoms with van der Waals surface area (Å²) in [5.41, 5.74) is 1.45. The predicted octanol–water partition coefficient (Wildman–Crippen LogP) is 4.65. The van der Waals surface area contributed by atoms with Crippen LogP contribution in [0.1, 0.15) is 17.4 Å². The molecule has 14 heavy (non-hydrogen) atoms. The minimum Gasteiger partial charge on any atom is -0.143 e. The van der Waals surface area contributed by atoms with Gasteiger partial charge < -0.3 is 0 Å². The molecule has 2 aromatic rings. The molecule has 0 saturated heterocycles. The van der Waals surface area contributed by atoms with Gasteiger partial charge in [-0.1, -0.05) is 28.9 Å². The Bertz CT molecular complexity index is 460. The van der Waals surface area contributed by atoms with E-state index in [1.165, 1.54) is 20.5 Å². The summed E-state index contributed by atoms with van der Waals surface area (Å²) in [5, 5.41) is 2.32. The van der Waals surface area contributed by atoms with E-state index in [2.05, 4.69) is 53.7 Å². The summed E-state index contributed by atoms with van der Waals surface area (Å²) in [6.07, 6.45) is 1.11. The van der Waals surface area contributed by atoms with Crippen molar-refractivity contribution >= 4 is 50.0 Å². The summed E-state index contributed by atoms with van der Waals surface area (Å²) in [4.78, 5) is 2.53. The first kappa shape index (κ1) is 10.5. The summed E-state index contributed by atoms with van der Waals surface area (Å²) in [6.45, 7) is 2.21. The zero-order chi connectivity index (χ0) is 10.1. The van der Waals surface area contributed by atoms with Crippen LogP contribution in [0.15, 0.2) is 23.1 Å². The zero-order valence-electron chi connectivity index (χ0n) is 7.88. The molecule has 0 radical (unpaired) electrons. The molecule has 3 heteroatoms. The normalized spacial score (nSPS) is 11.1. The number of alkyl halides is 1. The number of benzene rings is 1. The number of hydrogen-bond acceptors (Lipinski definition) is 2. The predicted molar refractivity (Wildman–Crippen MR) is 71.1 cm³/mol. The van der Waals surface area contributed by atoms with E-state index in [1.807, 2.05) is 11.3 Å². The second kappa shape index (κ2) is 4.25. The van der Waals surface area contributed by atoms with Crippen LogP contribution in [-0.4, -0.2) is 0 Å². The lowest BCUT2D eigenvalue weighted by molar-refractivity contribution is 1.16. The highest BCUT2D eigenvalue weighted by Crippen LogP contribution is 2.34. The van der Waals surface area contributed by atoms with Crippen LogP contribution in [-0.2, 0) is 11.8 Å². The lowest BCUT2D eigenvalue weighted by atomic mass is 10.1. The fourth-order valence-corrected chi connectivity index (χ4v) is 3.94. The largest absolute Gasteiger partial charge is 0.143 e. The number of fused-ring (bicyclic) bond motifs is 1. The number of rotatable bonds is 2. The van der Waals surface area contributed by atoms with Crippen LogP contribution in [0.25, 0.3) is 10.1 Å². The maximum Gasteiger partial charge on any atom is 0.0359 e. The van der Waals surface area contributed by atoms with Gasteiger partial charge in [0.1, 0.15) is 0 Å². The van der Waals surface area contributed by atoms with E-state index in [0.717, 1.165) is 16.6 Å². The van der Waals surface area contributed by atoms with Gasteiger partial charge in [0.2, 0.25) is 0 Å². The van der Waals surface area contributed by atoms with Crippen molar-refractivity contribution < 1.29 is 0 Å². The second-order valence-electron chi connectivity index (χ2n) is 3.17. The summed E-state index contributed by atoms with van der Waals surface area (Å²) in [6, 6.07) is 6.38. The van der Waals surface area contributed by atoms with Crippen molar-refractivity contribution in [3.8, 4) is 0 Å². The molecule has 0 unspecified atom stereocenters. The van der Waals surface area contributed by atoms with Gasteiger partial charge in [0, 0.05) is 19.8 Å². The van der Waals surface area contributed by atoms with Gasteiger partial charge in [-0.2, -0.15) is 0 Å². The van der Waals surface area contributed by atoms with E-state index in [-0.39, 0.29) is 0 Å². The molecule has 0 amide bonds. The molecule has 2 rings (SSSR count). The molecule has 0 saturated carbocycles. The molecular formula is C11H11BrS2. The van der Waals surface area contributed by atoms with Gasteiger partial charge in [0.25, 0.3) is 0 Å². The van der Waals surface area contributed by atoms with Crippen molar-refractivity contribution in [1.29, 1.82) is 0 Å². The highest BCUT2D eigenvalue weighted by atomic mass is 79.9. The number of thiophene rings is 1. The monoisotopic (exact) mass is 286 g/mol. The van der Waals surface area contributed by atoms with Crippen molar-refractivity contribution in [2.24, 2.45) is 0 Å². The number of halogens is 1. The first-order valence-electron chi connectivity index (χ1n) is 4.55. The topological polar surface area (TPSA) is 0 Å². The Kier molecular flexibility index (Phi) is 3.20. The minimum absolute atomic E-state index is 0.947. The Morgan fingerprint density at radius 3 is 2.86 bits per heavy atom. The molecule has 0 N–H and O–H groups in total. The van der Waals surface area contributed by atoms with Crippen molar-refractivity contribution in [1.82, 2.24) is 0 Å². The Labute approximate surface area is 102 Å². The van der Waals surface area contributed by atoms with Crippen LogP contribution in [0.5, 0.6) is 0 Å². The van der Waals surface area contributed by atoms with E-state index in [1.54, 1.807) is 0 Å². The van der Waals surface area contributed by atoms with Gasteiger partial charge in [0.05, 0.1) is 0 Å². The molecule has 0 aliphatic heterocycles. The van der Waals surface area contributed by atoms with Crippen molar-refractivity contribution in [2.45, 2.75) is 23.6 Å². The van der Waals surface area contributed by atoms with E-state index >= 15 is 0 Å². The van der Waals surface area contributed by atoms with Crippen molar-refractivity contribution in [3.63, 3.8) is 0 Å². The third-order valence-corrected chi connectivity index (χ3v) is 4.49. The van der Waals surface area contributed by atoms with Crippen LogP contribution in [0.3, 0.4) is 0 Å². The molecule has 0 nitrogen and oxygen atoms in total. The average Bonchev–Trinajstić information content (AvgIpc) is 2.54. The van der Waals surface area contributed by atoms with Crippen molar-refractivity contribution in [2.75, 3.05) is 0 Å². The molecule has 1 aromatic carbocycles. The smallest absolute Gasteiger partial charge is 0.0359 e. The third kappa shape index (κ3) is 1.73. The van der Waals surface area contributed by atoms with Gasteiger partial charge in [-0.3, -0.25) is 0 Å². The zero-order valence-corrected chi connectivity index (χ0v) is 11.2. The van der Waals surface area contributed by atoms with Gasteiger partial charge in [-0.15, -0.1) is 24.0 Å². The van der Waals surface area contributed by atoms with Crippen LogP contribution in [0.4, 0.5) is 0 Å². The minimum atomic E-state index is 0.947. The average molecular weight is 287 g/mol. The van der Waals surface area contributed by atoms with Crippen LogP contribution in [0, 0.1) is 0 Å². The van der Waals surface area contributed by atoms with Gasteiger partial charge in [-0.25, -0.2) is 0 Å². The Balaban J connectivity index is 2.73. The van der Waals surface area contributed by atoms with Crippen LogP contribution in [0.2, 0.25) is 0 Å². The number of aryl methyl sites for hydroxylation is 1. The van der Waals surface area contributed by atoms with E-state index in [9.17, 15) is 0 Å². The number of thiol groups is 1. The molecule has 1 aromatic heterocycles. The fourth-order valence-electron chi connectivity index (χ4n) is 1.62. The SMILES string of the molecule is CCc1sc2cc(S)ccc2c1CBr. The van der Waals surface area contributed by atoms with Gasteiger partial charge >= 0.3 is 0 Å². The lowest BCUT2D eigenvalue weighted by Gasteiger charge is -1.96. The molecule has 0 bridgehead atoms. The molecule has 1 heterocycles. The molecule has 74 valence electrons. The molecule has 0 fully saturated rings. The summed E-state index contributed by atoms with van der Waals surface area (Å²) < 4.78 is 1.35. The molecule has 0 aliphatic carbocycles. The maximum absolute atomic E-state index is 4.36. The van der Waals surface area contributed by atoms with Crippen molar-refractivity contribution in [3.05, 3.63) is 28.6 Å². The fraction of sp³-hybridized carbons (Fsp3) is 0.273. The first-order chi connectivity index (χ1) is 6.76. The summed E-state index contributed by atoms with van der Waals surface area (Å²) in [5.74, 6) is 0. The van der Waals surface area contributed by atoms with Gasteiger partial charge in [0.15, 0.2) is 0 Å². The van der Waals surface area contributed by atoms with Crippen LogP contribution < -0.4 is 0 Å². The maximum atomic E-state index is 4.36. The lowest BCUT2D eigenvalue weighted by Crippen LogP contribution is -1.80. The molecule has 0 atom stereocenters. The molecule has 0 aliphatic rings. The Morgan fingerprint density at radius 2 is 2.21 bits per heavy atom. The Morgan fingerprint density at radius 1 is 1.43 bits per heavy atom. The second-order valence-corrected chi connectivity index (χ2v) is 5.39. The highest BCUT2D eigenvalue weighted by molar-refractivity contribution is 9.08. The first-order valence-corrected chi connectivity index (χ1v) is 6.94. The molecular weight excluding hydrogens is 276 g/mol.